The molecule has 1 unspecified atom stereocenters. The monoisotopic (exact) mass is 451 g/mol. The van der Waals surface area contributed by atoms with Crippen LogP contribution in [0.3, 0.4) is 0 Å². The van der Waals surface area contributed by atoms with Gasteiger partial charge < -0.3 is 19.5 Å². The Balaban J connectivity index is 2.04. The standard InChI is InChI=1S/C27H33NO5/c1-17(2)16-33-22-12-11-21(15-19(22)4)25(29)23-24(20-9-7-18(3)8-10-20)28(13-6-14-32-5)27(31)26(23)30/h7-12,15,17,24,29H,6,13-14,16H2,1-5H3/b25-23+. The average molecular weight is 452 g/mol. The summed E-state index contributed by atoms with van der Waals surface area (Å²) < 4.78 is 11.0. The Bertz CT molecular complexity index is 1040. The maximum absolute atomic E-state index is 13.1. The van der Waals surface area contributed by atoms with Gasteiger partial charge in [-0.3, -0.25) is 9.59 Å². The van der Waals surface area contributed by atoms with Crippen molar-refractivity contribution in [2.24, 2.45) is 5.92 Å². The van der Waals surface area contributed by atoms with Gasteiger partial charge in [-0.05, 0) is 55.5 Å². The van der Waals surface area contributed by atoms with Gasteiger partial charge in [0.1, 0.15) is 11.5 Å². The van der Waals surface area contributed by atoms with Gasteiger partial charge in [0.05, 0.1) is 18.2 Å². The number of rotatable bonds is 9. The van der Waals surface area contributed by atoms with Crippen molar-refractivity contribution in [3.8, 4) is 5.75 Å². The lowest BCUT2D eigenvalue weighted by Gasteiger charge is -2.25. The Morgan fingerprint density at radius 1 is 1.09 bits per heavy atom. The number of hydrogen-bond acceptors (Lipinski definition) is 5. The van der Waals surface area contributed by atoms with Crippen LogP contribution in [0.5, 0.6) is 5.75 Å². The quantitative estimate of drug-likeness (QED) is 0.257. The number of carbonyl (C=O) groups is 2. The largest absolute Gasteiger partial charge is 0.507 e. The first kappa shape index (κ1) is 24.5. The van der Waals surface area contributed by atoms with E-state index in [9.17, 15) is 14.7 Å². The zero-order valence-corrected chi connectivity index (χ0v) is 20.1. The molecule has 1 heterocycles. The van der Waals surface area contributed by atoms with E-state index in [1.54, 1.807) is 25.3 Å². The van der Waals surface area contributed by atoms with E-state index < -0.39 is 17.7 Å². The summed E-state index contributed by atoms with van der Waals surface area (Å²) in [5.41, 5.74) is 3.30. The summed E-state index contributed by atoms with van der Waals surface area (Å²) in [5.74, 6) is -0.330. The van der Waals surface area contributed by atoms with Gasteiger partial charge in [-0.15, -0.1) is 0 Å². The van der Waals surface area contributed by atoms with Crippen LogP contribution in [0.15, 0.2) is 48.0 Å². The molecule has 0 saturated carbocycles. The number of ketones is 1. The van der Waals surface area contributed by atoms with E-state index >= 15 is 0 Å². The van der Waals surface area contributed by atoms with Crippen molar-refractivity contribution >= 4 is 17.4 Å². The van der Waals surface area contributed by atoms with Gasteiger partial charge in [0.15, 0.2) is 0 Å². The molecule has 1 amide bonds. The Morgan fingerprint density at radius 2 is 1.79 bits per heavy atom. The van der Waals surface area contributed by atoms with Crippen molar-refractivity contribution in [3.63, 3.8) is 0 Å². The first-order chi connectivity index (χ1) is 15.7. The number of hydrogen-bond donors (Lipinski definition) is 1. The number of aliphatic hydroxyl groups is 1. The van der Waals surface area contributed by atoms with E-state index in [1.807, 2.05) is 38.1 Å². The fraction of sp³-hybridized carbons (Fsp3) is 0.407. The van der Waals surface area contributed by atoms with Crippen molar-refractivity contribution < 1.29 is 24.2 Å². The van der Waals surface area contributed by atoms with Crippen LogP contribution in [0, 0.1) is 19.8 Å². The number of likely N-dealkylation sites (tertiary alicyclic amines) is 1. The highest BCUT2D eigenvalue weighted by atomic mass is 16.5. The summed E-state index contributed by atoms with van der Waals surface area (Å²) in [6.07, 6.45) is 0.590. The molecule has 33 heavy (non-hydrogen) atoms. The lowest BCUT2D eigenvalue weighted by Crippen LogP contribution is -2.31. The maximum Gasteiger partial charge on any atom is 0.295 e. The summed E-state index contributed by atoms with van der Waals surface area (Å²) in [6, 6.07) is 12.3. The minimum absolute atomic E-state index is 0.108. The number of ether oxygens (including phenoxy) is 2. The number of aryl methyl sites for hydroxylation is 2. The molecule has 176 valence electrons. The van der Waals surface area contributed by atoms with Crippen LogP contribution >= 0.6 is 0 Å². The van der Waals surface area contributed by atoms with Crippen LogP contribution in [-0.2, 0) is 14.3 Å². The highest BCUT2D eigenvalue weighted by Gasteiger charge is 2.45. The van der Waals surface area contributed by atoms with Crippen molar-refractivity contribution in [1.82, 2.24) is 4.90 Å². The van der Waals surface area contributed by atoms with Gasteiger partial charge in [0.25, 0.3) is 11.7 Å². The third-order valence-corrected chi connectivity index (χ3v) is 5.70. The molecule has 0 aromatic heterocycles. The van der Waals surface area contributed by atoms with Crippen LogP contribution < -0.4 is 4.74 Å². The molecule has 1 fully saturated rings. The van der Waals surface area contributed by atoms with E-state index in [0.29, 0.717) is 37.7 Å². The molecule has 1 aliphatic heterocycles. The second-order valence-electron chi connectivity index (χ2n) is 8.93. The SMILES string of the molecule is COCCCN1C(=O)C(=O)/C(=C(/O)c2ccc(OCC(C)C)c(C)c2)C1c1ccc(C)cc1. The highest BCUT2D eigenvalue weighted by Crippen LogP contribution is 2.40. The molecule has 3 rings (SSSR count). The van der Waals surface area contributed by atoms with Crippen LogP contribution in [-0.4, -0.2) is 48.6 Å². The van der Waals surface area contributed by atoms with Gasteiger partial charge in [-0.1, -0.05) is 43.7 Å². The topological polar surface area (TPSA) is 76.1 Å². The number of benzene rings is 2. The summed E-state index contributed by atoms with van der Waals surface area (Å²) in [6.45, 7) is 9.44. The van der Waals surface area contributed by atoms with Crippen LogP contribution in [0.2, 0.25) is 0 Å². The number of nitrogens with zero attached hydrogens (tertiary/aromatic N) is 1. The van der Waals surface area contributed by atoms with Crippen LogP contribution in [0.25, 0.3) is 5.76 Å². The number of carbonyl (C=O) groups excluding carboxylic acids is 2. The van der Waals surface area contributed by atoms with Gasteiger partial charge in [-0.2, -0.15) is 0 Å². The first-order valence-corrected chi connectivity index (χ1v) is 11.3. The second-order valence-corrected chi connectivity index (χ2v) is 8.93. The summed E-state index contributed by atoms with van der Waals surface area (Å²) in [4.78, 5) is 27.5. The van der Waals surface area contributed by atoms with E-state index in [0.717, 1.165) is 22.4 Å². The fourth-order valence-electron chi connectivity index (χ4n) is 3.96. The molecule has 0 radical (unpaired) electrons. The Morgan fingerprint density at radius 3 is 2.39 bits per heavy atom. The van der Waals surface area contributed by atoms with Gasteiger partial charge >= 0.3 is 0 Å². The van der Waals surface area contributed by atoms with Crippen molar-refractivity contribution in [2.45, 2.75) is 40.2 Å². The molecule has 2 aromatic rings. The molecular formula is C27H33NO5. The van der Waals surface area contributed by atoms with E-state index in [1.165, 1.54) is 4.90 Å². The minimum Gasteiger partial charge on any atom is -0.507 e. The molecule has 6 heteroatoms. The molecule has 0 bridgehead atoms. The zero-order valence-electron chi connectivity index (χ0n) is 20.1. The third kappa shape index (κ3) is 5.45. The lowest BCUT2D eigenvalue weighted by molar-refractivity contribution is -0.140. The Hall–Kier alpha value is -3.12. The maximum atomic E-state index is 13.1. The molecule has 0 aliphatic carbocycles. The molecule has 1 N–H and O–H groups in total. The highest BCUT2D eigenvalue weighted by molar-refractivity contribution is 6.46. The summed E-state index contributed by atoms with van der Waals surface area (Å²) >= 11 is 0. The smallest absolute Gasteiger partial charge is 0.295 e. The fourth-order valence-corrected chi connectivity index (χ4v) is 3.96. The van der Waals surface area contributed by atoms with Gasteiger partial charge in [0, 0.05) is 25.8 Å². The third-order valence-electron chi connectivity index (χ3n) is 5.70. The lowest BCUT2D eigenvalue weighted by atomic mass is 9.94. The second kappa shape index (κ2) is 10.7. The molecule has 2 aromatic carbocycles. The average Bonchev–Trinajstić information content (AvgIpc) is 3.03. The Kier molecular flexibility index (Phi) is 7.92. The van der Waals surface area contributed by atoms with Gasteiger partial charge in [-0.25, -0.2) is 0 Å². The number of aliphatic hydroxyl groups excluding tert-OH is 1. The van der Waals surface area contributed by atoms with Crippen LogP contribution in [0.4, 0.5) is 0 Å². The molecule has 1 atom stereocenters. The molecule has 1 aliphatic rings. The summed E-state index contributed by atoms with van der Waals surface area (Å²) in [5, 5.41) is 11.2. The van der Waals surface area contributed by atoms with Gasteiger partial charge in [0.2, 0.25) is 0 Å². The first-order valence-electron chi connectivity index (χ1n) is 11.3. The molecule has 0 spiro atoms. The number of amides is 1. The summed E-state index contributed by atoms with van der Waals surface area (Å²) in [7, 11) is 1.60. The Labute approximate surface area is 195 Å². The number of Topliss-reactive ketones (excluding diaryl/α,β-unsaturated/α-hetero) is 1. The molecule has 6 nitrogen and oxygen atoms in total. The predicted octanol–water partition coefficient (Wildman–Crippen LogP) is 4.80. The predicted molar refractivity (Wildman–Crippen MR) is 128 cm³/mol. The van der Waals surface area contributed by atoms with Crippen LogP contribution in [0.1, 0.15) is 48.6 Å². The van der Waals surface area contributed by atoms with Crippen molar-refractivity contribution in [3.05, 3.63) is 70.3 Å². The van der Waals surface area contributed by atoms with E-state index in [2.05, 4.69) is 13.8 Å². The van der Waals surface area contributed by atoms with Crippen molar-refractivity contribution in [2.75, 3.05) is 26.9 Å². The van der Waals surface area contributed by atoms with E-state index in [-0.39, 0.29) is 11.3 Å². The molecule has 1 saturated heterocycles. The number of methoxy groups -OCH3 is 1. The molecular weight excluding hydrogens is 418 g/mol. The van der Waals surface area contributed by atoms with E-state index in [4.69, 9.17) is 9.47 Å². The van der Waals surface area contributed by atoms with Crippen molar-refractivity contribution in [1.29, 1.82) is 0 Å². The zero-order chi connectivity index (χ0) is 24.1. The minimum atomic E-state index is -0.673. The normalized spacial score (nSPS) is 17.8.